The molecule has 0 aliphatic rings. The van der Waals surface area contributed by atoms with Gasteiger partial charge in [0.25, 0.3) is 0 Å². The molecule has 0 radical (unpaired) electrons. The fourth-order valence-corrected chi connectivity index (χ4v) is 1.38. The van der Waals surface area contributed by atoms with Gasteiger partial charge >= 0.3 is 6.18 Å². The quantitative estimate of drug-likeness (QED) is 0.751. The van der Waals surface area contributed by atoms with Crippen molar-refractivity contribution in [3.63, 3.8) is 0 Å². The van der Waals surface area contributed by atoms with Crippen LogP contribution in [0, 0.1) is 0 Å². The van der Waals surface area contributed by atoms with E-state index in [1.807, 2.05) is 0 Å². The van der Waals surface area contributed by atoms with Crippen LogP contribution in [0.5, 0.6) is 17.2 Å². The van der Waals surface area contributed by atoms with Crippen molar-refractivity contribution < 1.29 is 32.2 Å². The first-order valence-corrected chi connectivity index (χ1v) is 5.32. The van der Waals surface area contributed by atoms with Gasteiger partial charge in [0.15, 0.2) is 11.5 Å². The van der Waals surface area contributed by atoms with E-state index >= 15 is 0 Å². The predicted octanol–water partition coefficient (Wildman–Crippen LogP) is 2.85. The number of alkyl halides is 3. The number of ether oxygens (including phenoxy) is 3. The van der Waals surface area contributed by atoms with Crippen molar-refractivity contribution in [1.82, 2.24) is 0 Å². The number of carbonyl (C=O) groups excluding carboxylic acids is 1. The number of hydrogen-bond acceptors (Lipinski definition) is 4. The first-order valence-electron chi connectivity index (χ1n) is 5.32. The second-order valence-corrected chi connectivity index (χ2v) is 3.59. The van der Waals surface area contributed by atoms with Gasteiger partial charge in [-0.1, -0.05) is 0 Å². The number of benzene rings is 1. The minimum Gasteiger partial charge on any atom is -0.493 e. The number of carbonyl (C=O) groups is 1. The van der Waals surface area contributed by atoms with Crippen LogP contribution in [0.1, 0.15) is 16.8 Å². The standard InChI is InChI=1S/C12H13F3O4/c1-17-9-5-8(7-16)6-10(18-2)11(9)19-4-3-12(13,14)15/h5-7H,3-4H2,1-2H3. The molecule has 7 heteroatoms. The Balaban J connectivity index is 2.94. The molecule has 0 saturated carbocycles. The Morgan fingerprint density at radius 1 is 1.16 bits per heavy atom. The van der Waals surface area contributed by atoms with Crippen LogP contribution in [0.15, 0.2) is 12.1 Å². The van der Waals surface area contributed by atoms with Gasteiger partial charge in [0, 0.05) is 5.56 Å². The first-order chi connectivity index (χ1) is 8.91. The van der Waals surface area contributed by atoms with Crippen LogP contribution < -0.4 is 14.2 Å². The lowest BCUT2D eigenvalue weighted by Gasteiger charge is -2.15. The van der Waals surface area contributed by atoms with Crippen LogP contribution in [0.4, 0.5) is 13.2 Å². The lowest BCUT2D eigenvalue weighted by Crippen LogP contribution is -2.13. The number of methoxy groups -OCH3 is 2. The molecule has 0 unspecified atom stereocenters. The van der Waals surface area contributed by atoms with Crippen LogP contribution in [0.3, 0.4) is 0 Å². The normalized spacial score (nSPS) is 11.0. The zero-order valence-electron chi connectivity index (χ0n) is 10.4. The number of halogens is 3. The van der Waals surface area contributed by atoms with E-state index in [0.717, 1.165) is 0 Å². The summed E-state index contributed by atoms with van der Waals surface area (Å²) in [4.78, 5) is 10.7. The number of rotatable bonds is 6. The lowest BCUT2D eigenvalue weighted by molar-refractivity contribution is -0.139. The molecular formula is C12H13F3O4. The van der Waals surface area contributed by atoms with Crippen LogP contribution in [-0.2, 0) is 0 Å². The molecule has 4 nitrogen and oxygen atoms in total. The Labute approximate surface area is 108 Å². The highest BCUT2D eigenvalue weighted by Crippen LogP contribution is 2.38. The Morgan fingerprint density at radius 3 is 2.05 bits per heavy atom. The summed E-state index contributed by atoms with van der Waals surface area (Å²) in [5.41, 5.74) is 0.275. The molecule has 0 bridgehead atoms. The predicted molar refractivity (Wildman–Crippen MR) is 61.1 cm³/mol. The maximum absolute atomic E-state index is 12.1. The average molecular weight is 278 g/mol. The zero-order chi connectivity index (χ0) is 14.5. The summed E-state index contributed by atoms with van der Waals surface area (Å²) in [6.45, 7) is -0.559. The van der Waals surface area contributed by atoms with Crippen molar-refractivity contribution in [2.24, 2.45) is 0 Å². The summed E-state index contributed by atoms with van der Waals surface area (Å²) >= 11 is 0. The molecule has 1 aromatic carbocycles. The van der Waals surface area contributed by atoms with E-state index in [4.69, 9.17) is 14.2 Å². The molecule has 0 heterocycles. The van der Waals surface area contributed by atoms with E-state index in [9.17, 15) is 18.0 Å². The Hall–Kier alpha value is -1.92. The van der Waals surface area contributed by atoms with E-state index in [1.165, 1.54) is 26.4 Å². The molecule has 0 saturated heterocycles. The van der Waals surface area contributed by atoms with Crippen LogP contribution in [0.2, 0.25) is 0 Å². The average Bonchev–Trinajstić information content (AvgIpc) is 2.37. The molecule has 19 heavy (non-hydrogen) atoms. The highest BCUT2D eigenvalue weighted by molar-refractivity contribution is 5.78. The van der Waals surface area contributed by atoms with Crippen molar-refractivity contribution in [3.8, 4) is 17.2 Å². The third-order valence-electron chi connectivity index (χ3n) is 2.25. The van der Waals surface area contributed by atoms with E-state index in [-0.39, 0.29) is 22.8 Å². The molecule has 0 fully saturated rings. The van der Waals surface area contributed by atoms with Gasteiger partial charge in [0.05, 0.1) is 27.2 Å². The van der Waals surface area contributed by atoms with Crippen molar-refractivity contribution in [2.45, 2.75) is 12.6 Å². The summed E-state index contributed by atoms with van der Waals surface area (Å²) in [5, 5.41) is 0. The smallest absolute Gasteiger partial charge is 0.392 e. The summed E-state index contributed by atoms with van der Waals surface area (Å²) < 4.78 is 51.1. The molecular weight excluding hydrogens is 265 g/mol. The second kappa shape index (κ2) is 6.31. The van der Waals surface area contributed by atoms with Crippen molar-refractivity contribution >= 4 is 6.29 Å². The molecule has 0 N–H and O–H groups in total. The van der Waals surface area contributed by atoms with E-state index in [0.29, 0.717) is 6.29 Å². The largest absolute Gasteiger partial charge is 0.493 e. The summed E-state index contributed by atoms with van der Waals surface area (Å²) in [7, 11) is 2.64. The molecule has 0 aliphatic heterocycles. The van der Waals surface area contributed by atoms with Crippen LogP contribution in [0.25, 0.3) is 0 Å². The summed E-state index contributed by atoms with van der Waals surface area (Å²) in [6.07, 6.45) is -4.82. The number of hydrogen-bond donors (Lipinski definition) is 0. The van der Waals surface area contributed by atoms with Gasteiger partial charge in [-0.15, -0.1) is 0 Å². The van der Waals surface area contributed by atoms with Gasteiger partial charge in [-0.05, 0) is 12.1 Å². The third-order valence-corrected chi connectivity index (χ3v) is 2.25. The number of aldehydes is 1. The fraction of sp³-hybridized carbons (Fsp3) is 0.417. The van der Waals surface area contributed by atoms with Crippen molar-refractivity contribution in [3.05, 3.63) is 17.7 Å². The Bertz CT molecular complexity index is 418. The summed E-state index contributed by atoms with van der Waals surface area (Å²) in [6, 6.07) is 2.72. The van der Waals surface area contributed by atoms with Gasteiger partial charge in [-0.25, -0.2) is 0 Å². The van der Waals surface area contributed by atoms with Crippen molar-refractivity contribution in [2.75, 3.05) is 20.8 Å². The molecule has 0 atom stereocenters. The minimum atomic E-state index is -4.30. The molecule has 0 aromatic heterocycles. The fourth-order valence-electron chi connectivity index (χ4n) is 1.38. The van der Waals surface area contributed by atoms with E-state index in [2.05, 4.69) is 0 Å². The molecule has 0 aliphatic carbocycles. The van der Waals surface area contributed by atoms with Gasteiger partial charge in [-0.2, -0.15) is 13.2 Å². The van der Waals surface area contributed by atoms with E-state index in [1.54, 1.807) is 0 Å². The first kappa shape index (κ1) is 15.1. The molecule has 0 spiro atoms. The van der Waals surface area contributed by atoms with Gasteiger partial charge in [0.2, 0.25) is 5.75 Å². The lowest BCUT2D eigenvalue weighted by atomic mass is 10.2. The second-order valence-electron chi connectivity index (χ2n) is 3.59. The topological polar surface area (TPSA) is 44.8 Å². The third kappa shape index (κ3) is 4.35. The van der Waals surface area contributed by atoms with Crippen molar-refractivity contribution in [1.29, 1.82) is 0 Å². The van der Waals surface area contributed by atoms with Gasteiger partial charge in [-0.3, -0.25) is 4.79 Å². The molecule has 0 amide bonds. The summed E-state index contributed by atoms with van der Waals surface area (Å²) in [5.74, 6) is 0.326. The highest BCUT2D eigenvalue weighted by atomic mass is 19.4. The zero-order valence-corrected chi connectivity index (χ0v) is 10.4. The molecule has 106 valence electrons. The highest BCUT2D eigenvalue weighted by Gasteiger charge is 2.27. The molecule has 1 aromatic rings. The Kier molecular flexibility index (Phi) is 5.02. The van der Waals surface area contributed by atoms with Gasteiger partial charge < -0.3 is 14.2 Å². The Morgan fingerprint density at radius 2 is 1.68 bits per heavy atom. The van der Waals surface area contributed by atoms with E-state index < -0.39 is 19.2 Å². The minimum absolute atomic E-state index is 0.0415. The van der Waals surface area contributed by atoms with Crippen LogP contribution in [-0.4, -0.2) is 33.3 Å². The SMILES string of the molecule is COc1cc(C=O)cc(OC)c1OCCC(F)(F)F. The maximum atomic E-state index is 12.1. The monoisotopic (exact) mass is 278 g/mol. The van der Waals surface area contributed by atoms with Gasteiger partial charge in [0.1, 0.15) is 6.29 Å². The van der Waals surface area contributed by atoms with Crippen LogP contribution >= 0.6 is 0 Å². The maximum Gasteiger partial charge on any atom is 0.392 e. The molecule has 1 rings (SSSR count).